The third-order valence-electron chi connectivity index (χ3n) is 3.92. The van der Waals surface area contributed by atoms with Crippen molar-refractivity contribution in [3.8, 4) is 0 Å². The van der Waals surface area contributed by atoms with E-state index in [4.69, 9.17) is 5.73 Å². The zero-order valence-electron chi connectivity index (χ0n) is 11.5. The van der Waals surface area contributed by atoms with Crippen molar-refractivity contribution in [3.05, 3.63) is 35.1 Å². The summed E-state index contributed by atoms with van der Waals surface area (Å²) in [5, 5.41) is 0. The van der Waals surface area contributed by atoms with Gasteiger partial charge in [0.1, 0.15) is 5.82 Å². The lowest BCUT2D eigenvalue weighted by molar-refractivity contribution is 0.0945. The van der Waals surface area contributed by atoms with Crippen LogP contribution in [0, 0.1) is 12.7 Å². The first kappa shape index (κ1) is 13.5. The highest BCUT2D eigenvalue weighted by Crippen LogP contribution is 2.32. The molecule has 1 aliphatic rings. The summed E-state index contributed by atoms with van der Waals surface area (Å²) >= 11 is 0. The van der Waals surface area contributed by atoms with Crippen molar-refractivity contribution in [2.45, 2.75) is 51.7 Å². The fourth-order valence-electron chi connectivity index (χ4n) is 2.86. The Bertz CT molecular complexity index is 417. The maximum atomic E-state index is 13.7. The highest BCUT2D eigenvalue weighted by atomic mass is 19.1. The number of nitrogens with zero attached hydrogens (tertiary/aromatic N) is 1. The lowest BCUT2D eigenvalue weighted by Crippen LogP contribution is -2.48. The molecule has 2 nitrogen and oxygen atoms in total. The van der Waals surface area contributed by atoms with Crippen LogP contribution >= 0.6 is 0 Å². The minimum Gasteiger partial charge on any atom is -0.326 e. The Morgan fingerprint density at radius 2 is 2.11 bits per heavy atom. The lowest BCUT2D eigenvalue weighted by atomic mass is 9.89. The van der Waals surface area contributed by atoms with Gasteiger partial charge in [0.05, 0.1) is 6.04 Å². The summed E-state index contributed by atoms with van der Waals surface area (Å²) in [6.45, 7) is 7.19. The third-order valence-corrected chi connectivity index (χ3v) is 3.92. The van der Waals surface area contributed by atoms with E-state index >= 15 is 0 Å². The molecule has 1 aromatic carbocycles. The van der Waals surface area contributed by atoms with E-state index in [1.54, 1.807) is 13.0 Å². The third kappa shape index (κ3) is 2.57. The van der Waals surface area contributed by atoms with Gasteiger partial charge in [0.2, 0.25) is 0 Å². The molecule has 2 rings (SSSR count). The van der Waals surface area contributed by atoms with Crippen LogP contribution in [0.2, 0.25) is 0 Å². The number of hydrogen-bond donors (Lipinski definition) is 1. The molecule has 0 amide bonds. The van der Waals surface area contributed by atoms with E-state index < -0.39 is 0 Å². The van der Waals surface area contributed by atoms with Gasteiger partial charge in [0.15, 0.2) is 0 Å². The average Bonchev–Trinajstić information content (AvgIpc) is 2.32. The van der Waals surface area contributed by atoms with Gasteiger partial charge in [-0.2, -0.15) is 0 Å². The molecular weight excluding hydrogens is 227 g/mol. The van der Waals surface area contributed by atoms with E-state index in [1.165, 1.54) is 0 Å². The monoisotopic (exact) mass is 250 g/mol. The topological polar surface area (TPSA) is 29.3 Å². The normalized spacial score (nSPS) is 25.7. The van der Waals surface area contributed by atoms with Crippen LogP contribution in [0.25, 0.3) is 0 Å². The maximum absolute atomic E-state index is 13.7. The van der Waals surface area contributed by atoms with Crippen molar-refractivity contribution in [2.24, 2.45) is 5.73 Å². The Balaban J connectivity index is 2.34. The molecule has 0 spiro atoms. The molecule has 2 N–H and O–H groups in total. The van der Waals surface area contributed by atoms with Gasteiger partial charge in [-0.15, -0.1) is 0 Å². The molecule has 1 heterocycles. The van der Waals surface area contributed by atoms with Crippen molar-refractivity contribution >= 4 is 0 Å². The molecule has 1 fully saturated rings. The van der Waals surface area contributed by atoms with Crippen LogP contribution in [0.3, 0.4) is 0 Å². The molecule has 3 heteroatoms. The molecule has 0 bridgehead atoms. The van der Waals surface area contributed by atoms with Crippen LogP contribution < -0.4 is 5.73 Å². The predicted octanol–water partition coefficient (Wildman–Crippen LogP) is 3.01. The smallest absolute Gasteiger partial charge is 0.126 e. The summed E-state index contributed by atoms with van der Waals surface area (Å²) in [6, 6.07) is 6.21. The molecule has 2 unspecified atom stereocenters. The number of likely N-dealkylation sites (tertiary alicyclic amines) is 1. The quantitative estimate of drug-likeness (QED) is 0.874. The highest BCUT2D eigenvalue weighted by molar-refractivity contribution is 5.27. The summed E-state index contributed by atoms with van der Waals surface area (Å²) in [4.78, 5) is 2.39. The van der Waals surface area contributed by atoms with E-state index in [2.05, 4.69) is 18.7 Å². The van der Waals surface area contributed by atoms with Crippen molar-refractivity contribution < 1.29 is 4.39 Å². The van der Waals surface area contributed by atoms with E-state index in [0.717, 1.165) is 24.9 Å². The SMILES string of the molecule is Cc1ccc(C2C(N)CCCN2C(C)C)cc1F. The minimum atomic E-state index is -0.131. The van der Waals surface area contributed by atoms with Crippen molar-refractivity contribution in [1.82, 2.24) is 4.90 Å². The van der Waals surface area contributed by atoms with Gasteiger partial charge in [-0.3, -0.25) is 4.90 Å². The molecule has 0 saturated carbocycles. The average molecular weight is 250 g/mol. The Morgan fingerprint density at radius 3 is 2.72 bits per heavy atom. The van der Waals surface area contributed by atoms with Gasteiger partial charge >= 0.3 is 0 Å². The number of nitrogens with two attached hydrogens (primary N) is 1. The molecule has 1 aromatic rings. The zero-order valence-corrected chi connectivity index (χ0v) is 11.5. The van der Waals surface area contributed by atoms with E-state index in [-0.39, 0.29) is 17.9 Å². The van der Waals surface area contributed by atoms with Crippen LogP contribution in [0.15, 0.2) is 18.2 Å². The van der Waals surface area contributed by atoms with E-state index in [9.17, 15) is 4.39 Å². The van der Waals surface area contributed by atoms with Crippen molar-refractivity contribution in [2.75, 3.05) is 6.54 Å². The van der Waals surface area contributed by atoms with Crippen molar-refractivity contribution in [1.29, 1.82) is 0 Å². The molecule has 0 aliphatic carbocycles. The fraction of sp³-hybridized carbons (Fsp3) is 0.600. The highest BCUT2D eigenvalue weighted by Gasteiger charge is 2.31. The first-order valence-electron chi connectivity index (χ1n) is 6.78. The Morgan fingerprint density at radius 1 is 1.39 bits per heavy atom. The molecule has 18 heavy (non-hydrogen) atoms. The second kappa shape index (κ2) is 5.37. The molecule has 1 aliphatic heterocycles. The van der Waals surface area contributed by atoms with Crippen LogP contribution in [-0.4, -0.2) is 23.5 Å². The number of hydrogen-bond acceptors (Lipinski definition) is 2. The Hall–Kier alpha value is -0.930. The second-order valence-electron chi connectivity index (χ2n) is 5.59. The van der Waals surface area contributed by atoms with E-state index in [0.29, 0.717) is 11.6 Å². The molecule has 1 saturated heterocycles. The summed E-state index contributed by atoms with van der Waals surface area (Å²) in [6.07, 6.45) is 2.15. The Labute approximate surface area is 109 Å². The maximum Gasteiger partial charge on any atom is 0.126 e. The molecule has 100 valence electrons. The fourth-order valence-corrected chi connectivity index (χ4v) is 2.86. The zero-order chi connectivity index (χ0) is 13.3. The van der Waals surface area contributed by atoms with Gasteiger partial charge < -0.3 is 5.73 Å². The first-order chi connectivity index (χ1) is 8.50. The number of piperidine rings is 1. The number of aryl methyl sites for hydroxylation is 1. The second-order valence-corrected chi connectivity index (χ2v) is 5.59. The first-order valence-corrected chi connectivity index (χ1v) is 6.78. The van der Waals surface area contributed by atoms with Crippen LogP contribution in [0.4, 0.5) is 4.39 Å². The van der Waals surface area contributed by atoms with Crippen LogP contribution in [-0.2, 0) is 0 Å². The lowest BCUT2D eigenvalue weighted by Gasteiger charge is -2.42. The van der Waals surface area contributed by atoms with Gasteiger partial charge in [-0.25, -0.2) is 4.39 Å². The van der Waals surface area contributed by atoms with Gasteiger partial charge in [-0.05, 0) is 57.4 Å². The van der Waals surface area contributed by atoms with Gasteiger partial charge in [-0.1, -0.05) is 12.1 Å². The van der Waals surface area contributed by atoms with Crippen LogP contribution in [0.5, 0.6) is 0 Å². The Kier molecular flexibility index (Phi) is 4.03. The summed E-state index contributed by atoms with van der Waals surface area (Å²) in [5.41, 5.74) is 7.97. The largest absolute Gasteiger partial charge is 0.326 e. The number of rotatable bonds is 2. The summed E-state index contributed by atoms with van der Waals surface area (Å²) in [5.74, 6) is -0.131. The van der Waals surface area contributed by atoms with E-state index in [1.807, 2.05) is 12.1 Å². The standard InChI is InChI=1S/C15H23FN2/c1-10(2)18-8-4-5-14(17)15(18)12-7-6-11(3)13(16)9-12/h6-7,9-10,14-15H,4-5,8,17H2,1-3H3. The van der Waals surface area contributed by atoms with Gasteiger partial charge in [0.25, 0.3) is 0 Å². The number of benzene rings is 1. The van der Waals surface area contributed by atoms with Crippen molar-refractivity contribution in [3.63, 3.8) is 0 Å². The molecule has 0 radical (unpaired) electrons. The number of halogens is 1. The molecular formula is C15H23FN2. The predicted molar refractivity (Wildman–Crippen MR) is 72.9 cm³/mol. The summed E-state index contributed by atoms with van der Waals surface area (Å²) < 4.78 is 13.7. The summed E-state index contributed by atoms with van der Waals surface area (Å²) in [7, 11) is 0. The molecule has 0 aromatic heterocycles. The molecule has 2 atom stereocenters. The van der Waals surface area contributed by atoms with Gasteiger partial charge in [0, 0.05) is 12.1 Å². The minimum absolute atomic E-state index is 0.100. The van der Waals surface area contributed by atoms with Crippen LogP contribution in [0.1, 0.15) is 43.9 Å².